The summed E-state index contributed by atoms with van der Waals surface area (Å²) in [5.74, 6) is 1.03. The molecule has 2 aromatic carbocycles. The molecule has 1 saturated heterocycles. The largest absolute Gasteiger partial charge is 0.492 e. The van der Waals surface area contributed by atoms with Gasteiger partial charge in [-0.15, -0.1) is 0 Å². The van der Waals surface area contributed by atoms with Crippen molar-refractivity contribution in [2.24, 2.45) is 0 Å². The first-order chi connectivity index (χ1) is 15.9. The summed E-state index contributed by atoms with van der Waals surface area (Å²) in [7, 11) is 0. The predicted molar refractivity (Wildman–Crippen MR) is 125 cm³/mol. The first kappa shape index (κ1) is 22.8. The Labute approximate surface area is 196 Å². The van der Waals surface area contributed by atoms with Crippen molar-refractivity contribution in [3.05, 3.63) is 65.0 Å². The number of aromatic nitrogens is 3. The number of anilines is 1. The van der Waals surface area contributed by atoms with Crippen molar-refractivity contribution in [1.29, 1.82) is 0 Å². The van der Waals surface area contributed by atoms with Gasteiger partial charge in [-0.25, -0.2) is 18.9 Å². The van der Waals surface area contributed by atoms with E-state index in [0.29, 0.717) is 49.2 Å². The van der Waals surface area contributed by atoms with Gasteiger partial charge in [0.25, 0.3) is 0 Å². The van der Waals surface area contributed by atoms with E-state index in [2.05, 4.69) is 20.3 Å². The molecular formula is C23H26ClFN6O2. The van der Waals surface area contributed by atoms with Gasteiger partial charge in [0, 0.05) is 49.5 Å². The van der Waals surface area contributed by atoms with Gasteiger partial charge in [0.1, 0.15) is 29.4 Å². The van der Waals surface area contributed by atoms with Gasteiger partial charge in [-0.1, -0.05) is 17.7 Å². The average Bonchev–Trinajstić information content (AvgIpc) is 3.24. The van der Waals surface area contributed by atoms with E-state index in [-0.39, 0.29) is 12.6 Å². The highest BCUT2D eigenvalue weighted by Gasteiger charge is 2.22. The van der Waals surface area contributed by atoms with Crippen molar-refractivity contribution in [2.45, 2.75) is 20.4 Å². The Kier molecular flexibility index (Phi) is 6.98. The fraction of sp³-hybridized carbons (Fsp3) is 0.348. The van der Waals surface area contributed by atoms with Crippen LogP contribution in [0.1, 0.15) is 18.3 Å². The molecular weight excluding hydrogens is 447 g/mol. The van der Waals surface area contributed by atoms with Crippen LogP contribution in [-0.4, -0.2) is 58.5 Å². The zero-order chi connectivity index (χ0) is 23.4. The fourth-order valence-corrected chi connectivity index (χ4v) is 3.97. The summed E-state index contributed by atoms with van der Waals surface area (Å²) in [5, 5.41) is 7.54. The van der Waals surface area contributed by atoms with Crippen LogP contribution in [0.2, 0.25) is 5.02 Å². The maximum Gasteiger partial charge on any atom is 0.317 e. The van der Waals surface area contributed by atoms with Crippen LogP contribution in [0.3, 0.4) is 0 Å². The van der Waals surface area contributed by atoms with E-state index in [9.17, 15) is 9.18 Å². The molecule has 2 amide bonds. The summed E-state index contributed by atoms with van der Waals surface area (Å²) in [5.41, 5.74) is 2.53. The molecule has 0 saturated carbocycles. The second kappa shape index (κ2) is 10.1. The predicted octanol–water partition coefficient (Wildman–Crippen LogP) is 3.80. The number of nitrogens with one attached hydrogen (secondary N) is 1. The van der Waals surface area contributed by atoms with Crippen molar-refractivity contribution in [3.63, 3.8) is 0 Å². The normalized spacial score (nSPS) is 13.8. The molecule has 1 fully saturated rings. The second-order valence-electron chi connectivity index (χ2n) is 7.69. The van der Waals surface area contributed by atoms with Crippen LogP contribution in [0, 0.1) is 12.7 Å². The number of amides is 2. The smallest absolute Gasteiger partial charge is 0.317 e. The van der Waals surface area contributed by atoms with E-state index in [1.54, 1.807) is 22.0 Å². The summed E-state index contributed by atoms with van der Waals surface area (Å²) >= 11 is 6.04. The second-order valence-corrected chi connectivity index (χ2v) is 8.10. The third-order valence-corrected chi connectivity index (χ3v) is 5.83. The number of aryl methyl sites for hydroxylation is 1. The van der Waals surface area contributed by atoms with Gasteiger partial charge >= 0.3 is 6.03 Å². The monoisotopic (exact) mass is 472 g/mol. The highest BCUT2D eigenvalue weighted by Crippen LogP contribution is 2.29. The lowest BCUT2D eigenvalue weighted by Crippen LogP contribution is -2.51. The number of benzene rings is 2. The minimum Gasteiger partial charge on any atom is -0.492 e. The fourth-order valence-electron chi connectivity index (χ4n) is 3.74. The van der Waals surface area contributed by atoms with Gasteiger partial charge < -0.3 is 19.9 Å². The quantitative estimate of drug-likeness (QED) is 0.590. The number of hydrogen-bond acceptors (Lipinski definition) is 5. The highest BCUT2D eigenvalue weighted by atomic mass is 35.5. The molecule has 0 atom stereocenters. The van der Waals surface area contributed by atoms with Gasteiger partial charge in [-0.05, 0) is 43.7 Å². The molecule has 1 aliphatic rings. The lowest BCUT2D eigenvalue weighted by atomic mass is 10.2. The summed E-state index contributed by atoms with van der Waals surface area (Å²) in [6.45, 7) is 7.12. The first-order valence-electron chi connectivity index (χ1n) is 10.8. The molecule has 8 nitrogen and oxygen atoms in total. The van der Waals surface area contributed by atoms with Gasteiger partial charge in [-0.3, -0.25) is 0 Å². The number of nitrogens with zero attached hydrogens (tertiary/aromatic N) is 5. The topological polar surface area (TPSA) is 75.5 Å². The number of ether oxygens (including phenoxy) is 1. The third kappa shape index (κ3) is 5.36. The Morgan fingerprint density at radius 2 is 1.97 bits per heavy atom. The number of carbonyl (C=O) groups is 1. The van der Waals surface area contributed by atoms with Crippen LogP contribution in [0.25, 0.3) is 5.69 Å². The molecule has 10 heteroatoms. The molecule has 1 aliphatic heterocycles. The van der Waals surface area contributed by atoms with E-state index < -0.39 is 5.82 Å². The van der Waals surface area contributed by atoms with E-state index in [4.69, 9.17) is 16.3 Å². The molecule has 0 bridgehead atoms. The lowest BCUT2D eigenvalue weighted by Gasteiger charge is -2.36. The van der Waals surface area contributed by atoms with Crippen molar-refractivity contribution in [3.8, 4) is 11.4 Å². The zero-order valence-corrected chi connectivity index (χ0v) is 19.3. The van der Waals surface area contributed by atoms with E-state index >= 15 is 0 Å². The number of halogens is 2. The maximum atomic E-state index is 13.2. The molecule has 4 rings (SSSR count). The van der Waals surface area contributed by atoms with E-state index in [1.165, 1.54) is 12.1 Å². The molecule has 3 aromatic rings. The number of urea groups is 1. The molecule has 1 N–H and O–H groups in total. The molecule has 0 radical (unpaired) electrons. The molecule has 2 heterocycles. The number of rotatable bonds is 6. The van der Waals surface area contributed by atoms with Crippen molar-refractivity contribution >= 4 is 23.3 Å². The van der Waals surface area contributed by atoms with Crippen LogP contribution in [0.5, 0.6) is 5.75 Å². The minimum atomic E-state index is -0.400. The standard InChI is InChI=1S/C23H26ClFN6O2/c1-3-33-22-13-19(6-7-21(22)31-15-27-16(2)28-31)29-8-10-30(11-9-29)23(32)26-14-17-4-5-18(25)12-20(17)24/h4-7,12-13,15H,3,8-11,14H2,1-2H3,(H,26,32). The lowest BCUT2D eigenvalue weighted by molar-refractivity contribution is 0.194. The Morgan fingerprint density at radius 1 is 1.18 bits per heavy atom. The Balaban J connectivity index is 1.37. The van der Waals surface area contributed by atoms with Crippen LogP contribution in [0.4, 0.5) is 14.9 Å². The van der Waals surface area contributed by atoms with Crippen molar-refractivity contribution in [2.75, 3.05) is 37.7 Å². The van der Waals surface area contributed by atoms with E-state index in [1.807, 2.05) is 32.0 Å². The van der Waals surface area contributed by atoms with Crippen LogP contribution in [-0.2, 0) is 6.54 Å². The SMILES string of the molecule is CCOc1cc(N2CCN(C(=O)NCc3ccc(F)cc3Cl)CC2)ccc1-n1cnc(C)n1. The third-order valence-electron chi connectivity index (χ3n) is 5.47. The average molecular weight is 473 g/mol. The summed E-state index contributed by atoms with van der Waals surface area (Å²) in [6, 6.07) is 9.99. The summed E-state index contributed by atoms with van der Waals surface area (Å²) < 4.78 is 20.8. The van der Waals surface area contributed by atoms with Crippen LogP contribution in [0.15, 0.2) is 42.7 Å². The molecule has 0 aliphatic carbocycles. The molecule has 33 heavy (non-hydrogen) atoms. The zero-order valence-electron chi connectivity index (χ0n) is 18.6. The number of carbonyl (C=O) groups excluding carboxylic acids is 1. The van der Waals surface area contributed by atoms with Crippen molar-refractivity contribution < 1.29 is 13.9 Å². The van der Waals surface area contributed by atoms with Crippen molar-refractivity contribution in [1.82, 2.24) is 25.0 Å². The Hall–Kier alpha value is -3.33. The van der Waals surface area contributed by atoms with Gasteiger partial charge in [-0.2, -0.15) is 5.10 Å². The van der Waals surface area contributed by atoms with Crippen LogP contribution < -0.4 is 15.0 Å². The van der Waals surface area contributed by atoms with E-state index in [0.717, 1.165) is 17.1 Å². The van der Waals surface area contributed by atoms with Gasteiger partial charge in [0.15, 0.2) is 0 Å². The van der Waals surface area contributed by atoms with Gasteiger partial charge in [0.2, 0.25) is 0 Å². The maximum absolute atomic E-state index is 13.2. The number of piperazine rings is 1. The Bertz CT molecular complexity index is 1130. The number of hydrogen-bond donors (Lipinski definition) is 1. The molecule has 174 valence electrons. The first-order valence-corrected chi connectivity index (χ1v) is 11.2. The molecule has 0 unspecified atom stereocenters. The highest BCUT2D eigenvalue weighted by molar-refractivity contribution is 6.31. The summed E-state index contributed by atoms with van der Waals surface area (Å²) in [6.07, 6.45) is 1.67. The minimum absolute atomic E-state index is 0.165. The Morgan fingerprint density at radius 3 is 2.64 bits per heavy atom. The molecule has 0 spiro atoms. The van der Waals surface area contributed by atoms with Crippen LogP contribution >= 0.6 is 11.6 Å². The summed E-state index contributed by atoms with van der Waals surface area (Å²) in [4.78, 5) is 20.8. The molecule has 1 aromatic heterocycles. The van der Waals surface area contributed by atoms with Gasteiger partial charge in [0.05, 0.1) is 6.61 Å².